The molecule has 15 heavy (non-hydrogen) atoms. The van der Waals surface area contributed by atoms with Crippen molar-refractivity contribution in [2.45, 2.75) is 71.9 Å². The van der Waals surface area contributed by atoms with Gasteiger partial charge < -0.3 is 0 Å². The number of hydrogen-bond donors (Lipinski definition) is 0. The predicted octanol–water partition coefficient (Wildman–Crippen LogP) is 3.93. The molecule has 0 N–H and O–H groups in total. The van der Waals surface area contributed by atoms with Crippen LogP contribution in [-0.4, -0.2) is 23.0 Å². The highest BCUT2D eigenvalue weighted by Crippen LogP contribution is 2.46. The van der Waals surface area contributed by atoms with Gasteiger partial charge in [0.05, 0.1) is 0 Å². The van der Waals surface area contributed by atoms with Crippen LogP contribution in [0.3, 0.4) is 0 Å². The minimum atomic E-state index is 0.377. The van der Waals surface area contributed by atoms with Crippen LogP contribution in [0.25, 0.3) is 0 Å². The summed E-state index contributed by atoms with van der Waals surface area (Å²) in [6.45, 7) is 14.4. The molecule has 1 nitrogen and oxygen atoms in total. The fourth-order valence-electron chi connectivity index (χ4n) is 3.48. The summed E-state index contributed by atoms with van der Waals surface area (Å²) in [7, 11) is 2.33. The third-order valence-corrected chi connectivity index (χ3v) is 5.65. The fraction of sp³-hybridized carbons (Fsp3) is 1.00. The van der Waals surface area contributed by atoms with E-state index in [1.165, 1.54) is 19.3 Å². The molecule has 0 spiro atoms. The molecule has 0 amide bonds. The average Bonchev–Trinajstić information content (AvgIpc) is 2.23. The molecule has 0 aromatic heterocycles. The second kappa shape index (κ2) is 4.08. The highest BCUT2D eigenvalue weighted by atomic mass is 15.2. The maximum Gasteiger partial charge on any atom is 0.0209 e. The van der Waals surface area contributed by atoms with E-state index in [2.05, 4.69) is 53.5 Å². The first-order valence-electron chi connectivity index (χ1n) is 6.55. The molecule has 4 unspecified atom stereocenters. The van der Waals surface area contributed by atoms with E-state index in [0.29, 0.717) is 11.1 Å². The normalized spacial score (nSPS) is 48.2. The Balaban J connectivity index is 3.05. The van der Waals surface area contributed by atoms with E-state index < -0.39 is 0 Å². The second-order valence-corrected chi connectivity index (χ2v) is 6.09. The van der Waals surface area contributed by atoms with E-state index >= 15 is 0 Å². The molecule has 0 bridgehead atoms. The van der Waals surface area contributed by atoms with Crippen molar-refractivity contribution < 1.29 is 0 Å². The molecule has 1 heteroatoms. The molecule has 0 saturated carbocycles. The van der Waals surface area contributed by atoms with Gasteiger partial charge in [0.15, 0.2) is 0 Å². The third-order valence-electron chi connectivity index (χ3n) is 5.65. The number of likely N-dealkylation sites (tertiary alicyclic amines) is 1. The van der Waals surface area contributed by atoms with Crippen LogP contribution in [0.4, 0.5) is 0 Å². The second-order valence-electron chi connectivity index (χ2n) is 6.09. The standard InChI is InChI=1S/C14H29N/c1-8-13(5)10-11(3)12(4)14(6,9-2)15(13)7/h11-12H,8-10H2,1-7H3. The zero-order valence-electron chi connectivity index (χ0n) is 11.7. The summed E-state index contributed by atoms with van der Waals surface area (Å²) >= 11 is 0. The zero-order chi connectivity index (χ0) is 11.9. The quantitative estimate of drug-likeness (QED) is 0.669. The van der Waals surface area contributed by atoms with E-state index in [1.807, 2.05) is 0 Å². The molecule has 1 aliphatic heterocycles. The molecule has 1 saturated heterocycles. The van der Waals surface area contributed by atoms with Crippen LogP contribution in [0.2, 0.25) is 0 Å². The molecule has 1 aliphatic rings. The van der Waals surface area contributed by atoms with Crippen LogP contribution in [0.1, 0.15) is 60.8 Å². The van der Waals surface area contributed by atoms with E-state index in [4.69, 9.17) is 0 Å². The van der Waals surface area contributed by atoms with Gasteiger partial charge in [0.25, 0.3) is 0 Å². The van der Waals surface area contributed by atoms with E-state index in [-0.39, 0.29) is 0 Å². The molecule has 1 fully saturated rings. The minimum absolute atomic E-state index is 0.377. The van der Waals surface area contributed by atoms with Gasteiger partial charge in [0, 0.05) is 11.1 Å². The molecular weight excluding hydrogens is 182 g/mol. The Hall–Kier alpha value is -0.0400. The van der Waals surface area contributed by atoms with Crippen molar-refractivity contribution in [2.75, 3.05) is 7.05 Å². The zero-order valence-corrected chi connectivity index (χ0v) is 11.7. The Labute approximate surface area is 96.2 Å². The first-order chi connectivity index (χ1) is 6.81. The molecule has 1 heterocycles. The Morgan fingerprint density at radius 3 is 2.07 bits per heavy atom. The number of piperidine rings is 1. The van der Waals surface area contributed by atoms with Crippen LogP contribution >= 0.6 is 0 Å². The first-order valence-corrected chi connectivity index (χ1v) is 6.55. The monoisotopic (exact) mass is 211 g/mol. The Bertz CT molecular complexity index is 225. The maximum absolute atomic E-state index is 2.66. The van der Waals surface area contributed by atoms with Crippen molar-refractivity contribution in [3.8, 4) is 0 Å². The van der Waals surface area contributed by atoms with Gasteiger partial charge in [-0.3, -0.25) is 4.90 Å². The molecule has 4 atom stereocenters. The van der Waals surface area contributed by atoms with Gasteiger partial charge in [0.1, 0.15) is 0 Å². The fourth-order valence-corrected chi connectivity index (χ4v) is 3.48. The van der Waals surface area contributed by atoms with Gasteiger partial charge in [-0.2, -0.15) is 0 Å². The molecule has 90 valence electrons. The van der Waals surface area contributed by atoms with Gasteiger partial charge in [-0.1, -0.05) is 27.7 Å². The summed E-state index contributed by atoms with van der Waals surface area (Å²) in [4.78, 5) is 2.66. The smallest absolute Gasteiger partial charge is 0.0209 e. The Morgan fingerprint density at radius 1 is 1.13 bits per heavy atom. The topological polar surface area (TPSA) is 3.24 Å². The number of rotatable bonds is 2. The molecule has 0 aromatic rings. The SMILES string of the molecule is CCC1(C)CC(C)C(C)C(C)(CC)N1C. The highest BCUT2D eigenvalue weighted by Gasteiger charge is 2.49. The lowest BCUT2D eigenvalue weighted by molar-refractivity contribution is -0.0881. The van der Waals surface area contributed by atoms with Crippen LogP contribution in [0.15, 0.2) is 0 Å². The van der Waals surface area contributed by atoms with Crippen molar-refractivity contribution in [1.82, 2.24) is 4.90 Å². The lowest BCUT2D eigenvalue weighted by atomic mass is 9.65. The molecule has 0 radical (unpaired) electrons. The van der Waals surface area contributed by atoms with Crippen molar-refractivity contribution >= 4 is 0 Å². The van der Waals surface area contributed by atoms with E-state index in [0.717, 1.165) is 11.8 Å². The van der Waals surface area contributed by atoms with Gasteiger partial charge in [-0.25, -0.2) is 0 Å². The van der Waals surface area contributed by atoms with Gasteiger partial charge in [-0.15, -0.1) is 0 Å². The summed E-state index contributed by atoms with van der Waals surface area (Å²) in [6.07, 6.45) is 3.86. The van der Waals surface area contributed by atoms with Gasteiger partial charge >= 0.3 is 0 Å². The summed E-state index contributed by atoms with van der Waals surface area (Å²) in [5.41, 5.74) is 0.777. The minimum Gasteiger partial charge on any atom is -0.295 e. The van der Waals surface area contributed by atoms with Crippen molar-refractivity contribution in [3.05, 3.63) is 0 Å². The van der Waals surface area contributed by atoms with E-state index in [9.17, 15) is 0 Å². The van der Waals surface area contributed by atoms with Crippen molar-refractivity contribution in [1.29, 1.82) is 0 Å². The van der Waals surface area contributed by atoms with Crippen molar-refractivity contribution in [2.24, 2.45) is 11.8 Å². The first kappa shape index (κ1) is 13.0. The van der Waals surface area contributed by atoms with Crippen LogP contribution in [0.5, 0.6) is 0 Å². The Morgan fingerprint density at radius 2 is 1.67 bits per heavy atom. The molecule has 0 aliphatic carbocycles. The summed E-state index contributed by atoms with van der Waals surface area (Å²) < 4.78 is 0. The van der Waals surface area contributed by atoms with Crippen molar-refractivity contribution in [3.63, 3.8) is 0 Å². The lowest BCUT2D eigenvalue weighted by Crippen LogP contribution is -2.64. The lowest BCUT2D eigenvalue weighted by Gasteiger charge is -2.59. The molecule has 0 aromatic carbocycles. The predicted molar refractivity (Wildman–Crippen MR) is 68.1 cm³/mol. The molecule has 1 rings (SSSR count). The summed E-state index contributed by atoms with van der Waals surface area (Å²) in [5, 5.41) is 0. The molecular formula is C14H29N. The van der Waals surface area contributed by atoms with Crippen LogP contribution in [0, 0.1) is 11.8 Å². The summed E-state index contributed by atoms with van der Waals surface area (Å²) in [5.74, 6) is 1.64. The van der Waals surface area contributed by atoms with Crippen LogP contribution in [-0.2, 0) is 0 Å². The van der Waals surface area contributed by atoms with Gasteiger partial charge in [-0.05, 0) is 52.0 Å². The summed E-state index contributed by atoms with van der Waals surface area (Å²) in [6, 6.07) is 0. The maximum atomic E-state index is 2.66. The Kier molecular flexibility index (Phi) is 3.55. The third kappa shape index (κ3) is 1.84. The average molecular weight is 211 g/mol. The van der Waals surface area contributed by atoms with Gasteiger partial charge in [0.2, 0.25) is 0 Å². The van der Waals surface area contributed by atoms with Crippen LogP contribution < -0.4 is 0 Å². The number of hydrogen-bond acceptors (Lipinski definition) is 1. The highest BCUT2D eigenvalue weighted by molar-refractivity contribution is 5.03. The number of nitrogens with zero attached hydrogens (tertiary/aromatic N) is 1. The van der Waals surface area contributed by atoms with E-state index in [1.54, 1.807) is 0 Å². The largest absolute Gasteiger partial charge is 0.295 e.